The third-order valence-electron chi connectivity index (χ3n) is 3.06. The van der Waals surface area contributed by atoms with Gasteiger partial charge in [-0.3, -0.25) is 4.79 Å². The van der Waals surface area contributed by atoms with Crippen LogP contribution in [0.25, 0.3) is 11.6 Å². The molecule has 0 saturated heterocycles. The Morgan fingerprint density at radius 3 is 2.71 bits per heavy atom. The van der Waals surface area contributed by atoms with E-state index in [1.807, 2.05) is 6.07 Å². The number of nitrogens with two attached hydrogens (primary N) is 1. The average molecular weight is 280 g/mol. The van der Waals surface area contributed by atoms with E-state index in [9.17, 15) is 9.59 Å². The third kappa shape index (κ3) is 2.59. The molecular formula is C15H12N4O2. The van der Waals surface area contributed by atoms with Crippen molar-refractivity contribution in [3.8, 4) is 0 Å². The topological polar surface area (TPSA) is 97.1 Å². The second-order valence-corrected chi connectivity index (χ2v) is 4.52. The minimum Gasteiger partial charge on any atom is -0.351 e. The number of nitrogens with zero attached hydrogens (tertiary/aromatic N) is 1. The molecule has 21 heavy (non-hydrogen) atoms. The van der Waals surface area contributed by atoms with Gasteiger partial charge in [0.2, 0.25) is 0 Å². The highest BCUT2D eigenvalue weighted by molar-refractivity contribution is 6.34. The number of hydrogen-bond donors (Lipinski definition) is 3. The van der Waals surface area contributed by atoms with Crippen LogP contribution in [-0.2, 0) is 4.79 Å². The Kier molecular flexibility index (Phi) is 3.12. The molecule has 6 nitrogen and oxygen atoms in total. The summed E-state index contributed by atoms with van der Waals surface area (Å²) in [5, 5.41) is 5.19. The predicted molar refractivity (Wildman–Crippen MR) is 80.4 cm³/mol. The van der Waals surface area contributed by atoms with E-state index >= 15 is 0 Å². The first-order valence-electron chi connectivity index (χ1n) is 6.28. The van der Waals surface area contributed by atoms with Crippen molar-refractivity contribution < 1.29 is 9.59 Å². The number of benzene rings is 1. The first-order valence-corrected chi connectivity index (χ1v) is 6.28. The number of pyridine rings is 1. The van der Waals surface area contributed by atoms with Gasteiger partial charge in [0.25, 0.3) is 5.91 Å². The molecule has 0 bridgehead atoms. The van der Waals surface area contributed by atoms with Crippen LogP contribution in [0, 0.1) is 0 Å². The van der Waals surface area contributed by atoms with Crippen LogP contribution >= 0.6 is 0 Å². The van der Waals surface area contributed by atoms with Crippen molar-refractivity contribution >= 4 is 35.1 Å². The van der Waals surface area contributed by atoms with Gasteiger partial charge in [0.15, 0.2) is 0 Å². The largest absolute Gasteiger partial charge is 0.351 e. The summed E-state index contributed by atoms with van der Waals surface area (Å²) in [5.74, 6) is 0.392. The lowest BCUT2D eigenvalue weighted by molar-refractivity contribution is -0.110. The number of rotatable bonds is 2. The molecule has 2 heterocycles. The lowest BCUT2D eigenvalue weighted by Gasteiger charge is -2.02. The standard InChI is InChI=1S/C15H12N4O2/c16-15(21)18-10-5-3-9(4-6-10)8-12-11-2-1-7-17-13(11)19-14(12)20/h1-8H,(H3,16,18,21)(H,17,19,20). The molecule has 6 heteroatoms. The molecule has 3 rings (SSSR count). The number of anilines is 2. The number of primary amides is 1. The highest BCUT2D eigenvalue weighted by atomic mass is 16.2. The summed E-state index contributed by atoms with van der Waals surface area (Å²) < 4.78 is 0. The lowest BCUT2D eigenvalue weighted by Crippen LogP contribution is -2.19. The summed E-state index contributed by atoms with van der Waals surface area (Å²) >= 11 is 0. The van der Waals surface area contributed by atoms with Gasteiger partial charge in [0.05, 0.1) is 5.57 Å². The number of aromatic nitrogens is 1. The highest BCUT2D eigenvalue weighted by Gasteiger charge is 2.24. The van der Waals surface area contributed by atoms with E-state index in [-0.39, 0.29) is 5.91 Å². The van der Waals surface area contributed by atoms with Crippen molar-refractivity contribution in [3.63, 3.8) is 0 Å². The molecule has 0 aliphatic carbocycles. The van der Waals surface area contributed by atoms with Crippen molar-refractivity contribution in [2.45, 2.75) is 0 Å². The van der Waals surface area contributed by atoms with Crippen LogP contribution in [0.2, 0.25) is 0 Å². The average Bonchev–Trinajstić information content (AvgIpc) is 2.77. The number of urea groups is 1. The molecule has 1 aromatic carbocycles. The Balaban J connectivity index is 1.91. The van der Waals surface area contributed by atoms with Crippen molar-refractivity contribution in [1.82, 2.24) is 4.98 Å². The van der Waals surface area contributed by atoms with Gasteiger partial charge in [0.1, 0.15) is 5.82 Å². The van der Waals surface area contributed by atoms with Gasteiger partial charge in [0, 0.05) is 17.4 Å². The summed E-state index contributed by atoms with van der Waals surface area (Å²) in [5.41, 5.74) is 7.83. The monoisotopic (exact) mass is 280 g/mol. The smallest absolute Gasteiger partial charge is 0.316 e. The van der Waals surface area contributed by atoms with Gasteiger partial charge in [-0.05, 0) is 35.9 Å². The summed E-state index contributed by atoms with van der Waals surface area (Å²) in [7, 11) is 0. The van der Waals surface area contributed by atoms with E-state index in [1.165, 1.54) is 0 Å². The molecule has 0 spiro atoms. The maximum absolute atomic E-state index is 12.0. The maximum atomic E-state index is 12.0. The molecule has 0 unspecified atom stereocenters. The molecule has 4 N–H and O–H groups in total. The minimum atomic E-state index is -0.615. The van der Waals surface area contributed by atoms with E-state index in [1.54, 1.807) is 42.6 Å². The van der Waals surface area contributed by atoms with Crippen LogP contribution < -0.4 is 16.4 Å². The van der Waals surface area contributed by atoms with Crippen molar-refractivity contribution in [2.24, 2.45) is 5.73 Å². The number of amides is 3. The molecule has 1 aromatic heterocycles. The Morgan fingerprint density at radius 1 is 1.24 bits per heavy atom. The Morgan fingerprint density at radius 2 is 2.00 bits per heavy atom. The molecule has 0 saturated carbocycles. The molecule has 0 fully saturated rings. The second-order valence-electron chi connectivity index (χ2n) is 4.52. The summed E-state index contributed by atoms with van der Waals surface area (Å²) in [4.78, 5) is 26.8. The Labute approximate surface area is 120 Å². The second kappa shape index (κ2) is 5.09. The SMILES string of the molecule is NC(=O)Nc1ccc(C=C2C(=O)Nc3ncccc32)cc1. The van der Waals surface area contributed by atoms with E-state index < -0.39 is 6.03 Å². The molecule has 2 aromatic rings. The number of carbonyl (C=O) groups is 2. The van der Waals surface area contributed by atoms with Crippen LogP contribution in [0.1, 0.15) is 11.1 Å². The van der Waals surface area contributed by atoms with Gasteiger partial charge in [-0.1, -0.05) is 12.1 Å². The number of carbonyl (C=O) groups excluding carboxylic acids is 2. The number of nitrogens with one attached hydrogen (secondary N) is 2. The molecule has 0 atom stereocenters. The van der Waals surface area contributed by atoms with E-state index in [4.69, 9.17) is 5.73 Å². The molecule has 0 radical (unpaired) electrons. The molecule has 1 aliphatic rings. The van der Waals surface area contributed by atoms with Gasteiger partial charge >= 0.3 is 6.03 Å². The van der Waals surface area contributed by atoms with Crippen LogP contribution in [0.3, 0.4) is 0 Å². The van der Waals surface area contributed by atoms with E-state index in [2.05, 4.69) is 15.6 Å². The van der Waals surface area contributed by atoms with Gasteiger partial charge in [-0.25, -0.2) is 9.78 Å². The van der Waals surface area contributed by atoms with Crippen molar-refractivity contribution in [3.05, 3.63) is 53.7 Å². The molecular weight excluding hydrogens is 268 g/mol. The normalized spacial score (nSPS) is 14.7. The quantitative estimate of drug-likeness (QED) is 0.734. The van der Waals surface area contributed by atoms with Crippen molar-refractivity contribution in [1.29, 1.82) is 0 Å². The first-order chi connectivity index (χ1) is 10.1. The predicted octanol–water partition coefficient (Wildman–Crippen LogP) is 2.06. The van der Waals surface area contributed by atoms with Crippen LogP contribution in [0.4, 0.5) is 16.3 Å². The lowest BCUT2D eigenvalue weighted by atomic mass is 10.1. The van der Waals surface area contributed by atoms with Gasteiger partial charge < -0.3 is 16.4 Å². The summed E-state index contributed by atoms with van der Waals surface area (Å²) in [6, 6.07) is 10.0. The minimum absolute atomic E-state index is 0.178. The molecule has 3 amide bonds. The first kappa shape index (κ1) is 12.9. The van der Waals surface area contributed by atoms with Crippen LogP contribution in [-0.4, -0.2) is 16.9 Å². The summed E-state index contributed by atoms with van der Waals surface area (Å²) in [6.07, 6.45) is 3.41. The fourth-order valence-corrected chi connectivity index (χ4v) is 2.13. The zero-order valence-corrected chi connectivity index (χ0v) is 11.0. The van der Waals surface area contributed by atoms with Gasteiger partial charge in [-0.15, -0.1) is 0 Å². The maximum Gasteiger partial charge on any atom is 0.316 e. The fraction of sp³-hybridized carbons (Fsp3) is 0. The summed E-state index contributed by atoms with van der Waals surface area (Å²) in [6.45, 7) is 0. The number of hydrogen-bond acceptors (Lipinski definition) is 3. The third-order valence-corrected chi connectivity index (χ3v) is 3.06. The highest BCUT2D eigenvalue weighted by Crippen LogP contribution is 2.31. The van der Waals surface area contributed by atoms with Crippen molar-refractivity contribution in [2.75, 3.05) is 10.6 Å². The van der Waals surface area contributed by atoms with Crippen LogP contribution in [0.15, 0.2) is 42.6 Å². The zero-order valence-electron chi connectivity index (χ0n) is 11.0. The van der Waals surface area contributed by atoms with E-state index in [0.717, 1.165) is 11.1 Å². The molecule has 1 aliphatic heterocycles. The van der Waals surface area contributed by atoms with Crippen LogP contribution in [0.5, 0.6) is 0 Å². The Bertz CT molecular complexity index is 751. The number of fused-ring (bicyclic) bond motifs is 1. The Hall–Kier alpha value is -3.15. The molecule has 104 valence electrons. The fourth-order valence-electron chi connectivity index (χ4n) is 2.13. The zero-order chi connectivity index (χ0) is 14.8. The van der Waals surface area contributed by atoms with Gasteiger partial charge in [-0.2, -0.15) is 0 Å². The van der Waals surface area contributed by atoms with E-state index in [0.29, 0.717) is 17.1 Å².